The molecule has 2 aromatic carbocycles. The SMILES string of the molecule is CCOC(=O)C1=C(O)/C(=C\c2ccc(OC)c(OC)c2)SC1=Nc1ccc(Cl)cc1. The lowest BCUT2D eigenvalue weighted by Gasteiger charge is -2.08. The number of aliphatic hydroxyl groups is 1. The van der Waals surface area contributed by atoms with E-state index in [4.69, 9.17) is 25.8 Å². The summed E-state index contributed by atoms with van der Waals surface area (Å²) in [5.74, 6) is 0.335. The average molecular weight is 446 g/mol. The summed E-state index contributed by atoms with van der Waals surface area (Å²) >= 11 is 7.11. The number of rotatable bonds is 6. The fraction of sp³-hybridized carbons (Fsp3) is 0.182. The molecule has 1 aliphatic rings. The third-order valence-electron chi connectivity index (χ3n) is 4.13. The van der Waals surface area contributed by atoms with Crippen molar-refractivity contribution in [2.45, 2.75) is 6.92 Å². The lowest BCUT2D eigenvalue weighted by Crippen LogP contribution is -2.12. The Hall–Kier alpha value is -2.90. The number of methoxy groups -OCH3 is 2. The van der Waals surface area contributed by atoms with Crippen LogP contribution in [0.3, 0.4) is 0 Å². The third-order valence-corrected chi connectivity index (χ3v) is 5.40. The first kappa shape index (κ1) is 21.8. The summed E-state index contributed by atoms with van der Waals surface area (Å²) < 4.78 is 15.7. The molecule has 6 nitrogen and oxygen atoms in total. The number of carbonyl (C=O) groups is 1. The number of hydrogen-bond acceptors (Lipinski definition) is 7. The predicted molar refractivity (Wildman–Crippen MR) is 120 cm³/mol. The van der Waals surface area contributed by atoms with E-state index in [1.54, 1.807) is 63.6 Å². The van der Waals surface area contributed by atoms with Crippen LogP contribution >= 0.6 is 23.4 Å². The molecule has 0 unspecified atom stereocenters. The Morgan fingerprint density at radius 3 is 2.47 bits per heavy atom. The van der Waals surface area contributed by atoms with Crippen LogP contribution in [0.1, 0.15) is 12.5 Å². The first-order valence-corrected chi connectivity index (χ1v) is 10.2. The standard InChI is InChI=1S/C22H20ClNO5S/c1-4-29-22(26)19-20(25)18(12-13-5-10-16(27-2)17(11-13)28-3)30-21(19)24-15-8-6-14(23)7-9-15/h5-12,25H,4H2,1-3H3/b18-12+,24-21?. The number of esters is 1. The van der Waals surface area contributed by atoms with E-state index in [-0.39, 0.29) is 17.9 Å². The molecule has 3 rings (SSSR count). The van der Waals surface area contributed by atoms with Gasteiger partial charge in [0.05, 0.1) is 31.4 Å². The van der Waals surface area contributed by atoms with E-state index in [1.807, 2.05) is 6.07 Å². The number of carbonyl (C=O) groups excluding carboxylic acids is 1. The molecule has 0 bridgehead atoms. The van der Waals surface area contributed by atoms with Crippen molar-refractivity contribution in [3.05, 3.63) is 69.3 Å². The van der Waals surface area contributed by atoms with Crippen molar-refractivity contribution in [1.29, 1.82) is 0 Å². The molecule has 0 radical (unpaired) electrons. The maximum atomic E-state index is 12.5. The van der Waals surface area contributed by atoms with Crippen LogP contribution in [0.25, 0.3) is 6.08 Å². The molecule has 8 heteroatoms. The number of benzene rings is 2. The van der Waals surface area contributed by atoms with Gasteiger partial charge in [-0.3, -0.25) is 0 Å². The van der Waals surface area contributed by atoms with Crippen LogP contribution in [0, 0.1) is 0 Å². The first-order valence-electron chi connectivity index (χ1n) is 9.03. The Kier molecular flexibility index (Phi) is 7.07. The van der Waals surface area contributed by atoms with Gasteiger partial charge >= 0.3 is 5.97 Å². The van der Waals surface area contributed by atoms with Crippen LogP contribution < -0.4 is 9.47 Å². The highest BCUT2D eigenvalue weighted by molar-refractivity contribution is 8.18. The van der Waals surface area contributed by atoms with E-state index in [1.165, 1.54) is 11.8 Å². The number of halogens is 1. The minimum absolute atomic E-state index is 0.0310. The molecular weight excluding hydrogens is 426 g/mol. The molecule has 30 heavy (non-hydrogen) atoms. The van der Waals surface area contributed by atoms with Gasteiger partial charge in [0.25, 0.3) is 0 Å². The van der Waals surface area contributed by atoms with Crippen molar-refractivity contribution < 1.29 is 24.1 Å². The molecular formula is C22H20ClNO5S. The zero-order chi connectivity index (χ0) is 21.7. The minimum Gasteiger partial charge on any atom is -0.506 e. The Morgan fingerprint density at radius 1 is 1.13 bits per heavy atom. The van der Waals surface area contributed by atoms with E-state index in [0.717, 1.165) is 5.56 Å². The zero-order valence-electron chi connectivity index (χ0n) is 16.6. The maximum Gasteiger partial charge on any atom is 0.344 e. The van der Waals surface area contributed by atoms with Crippen molar-refractivity contribution in [2.75, 3.05) is 20.8 Å². The van der Waals surface area contributed by atoms with Gasteiger partial charge in [0, 0.05) is 5.02 Å². The number of aliphatic hydroxyl groups excluding tert-OH is 1. The number of aliphatic imine (C=N–C) groups is 1. The molecule has 0 saturated heterocycles. The molecule has 156 valence electrons. The number of hydrogen-bond donors (Lipinski definition) is 1. The van der Waals surface area contributed by atoms with Gasteiger partial charge in [-0.2, -0.15) is 0 Å². The van der Waals surface area contributed by atoms with Crippen LogP contribution in [0.4, 0.5) is 5.69 Å². The summed E-state index contributed by atoms with van der Waals surface area (Å²) in [5.41, 5.74) is 1.39. The van der Waals surface area contributed by atoms with E-state index in [9.17, 15) is 9.90 Å². The molecule has 0 saturated carbocycles. The lowest BCUT2D eigenvalue weighted by atomic mass is 10.1. The molecule has 2 aromatic rings. The van der Waals surface area contributed by atoms with E-state index < -0.39 is 5.97 Å². The average Bonchev–Trinajstić information content (AvgIpc) is 3.04. The van der Waals surface area contributed by atoms with Crippen molar-refractivity contribution in [3.63, 3.8) is 0 Å². The van der Waals surface area contributed by atoms with Crippen LogP contribution in [0.5, 0.6) is 11.5 Å². The monoisotopic (exact) mass is 445 g/mol. The number of thioether (sulfide) groups is 1. The molecule has 0 aliphatic carbocycles. The highest BCUT2D eigenvalue weighted by Gasteiger charge is 2.33. The van der Waals surface area contributed by atoms with Crippen LogP contribution in [-0.2, 0) is 9.53 Å². The number of ether oxygens (including phenoxy) is 3. The Bertz CT molecular complexity index is 1040. The summed E-state index contributed by atoms with van der Waals surface area (Å²) in [4.78, 5) is 17.4. The molecule has 1 heterocycles. The molecule has 0 atom stereocenters. The maximum absolute atomic E-state index is 12.5. The third kappa shape index (κ3) is 4.80. The van der Waals surface area contributed by atoms with Crippen molar-refractivity contribution in [3.8, 4) is 11.5 Å². The molecule has 1 N–H and O–H groups in total. The van der Waals surface area contributed by atoms with Gasteiger partial charge in [0.15, 0.2) is 11.5 Å². The first-order chi connectivity index (χ1) is 14.5. The Morgan fingerprint density at radius 2 is 1.83 bits per heavy atom. The molecule has 0 aromatic heterocycles. The van der Waals surface area contributed by atoms with Gasteiger partial charge in [0.2, 0.25) is 0 Å². The fourth-order valence-corrected chi connectivity index (χ4v) is 3.88. The second-order valence-corrected chi connectivity index (χ2v) is 7.53. The summed E-state index contributed by atoms with van der Waals surface area (Å²) in [5, 5.41) is 11.7. The highest BCUT2D eigenvalue weighted by Crippen LogP contribution is 2.41. The van der Waals surface area contributed by atoms with Gasteiger partial charge in [-0.05, 0) is 55.0 Å². The highest BCUT2D eigenvalue weighted by atomic mass is 35.5. The van der Waals surface area contributed by atoms with Gasteiger partial charge in [-0.1, -0.05) is 29.4 Å². The number of nitrogens with zero attached hydrogens (tertiary/aromatic N) is 1. The summed E-state index contributed by atoms with van der Waals surface area (Å²) in [6, 6.07) is 12.2. The second kappa shape index (κ2) is 9.73. The van der Waals surface area contributed by atoms with Crippen LogP contribution in [0.2, 0.25) is 5.02 Å². The van der Waals surface area contributed by atoms with Crippen molar-refractivity contribution >= 4 is 46.1 Å². The molecule has 1 aliphatic heterocycles. The normalized spacial score (nSPS) is 16.3. The second-order valence-electron chi connectivity index (χ2n) is 6.06. The lowest BCUT2D eigenvalue weighted by molar-refractivity contribution is -0.138. The summed E-state index contributed by atoms with van der Waals surface area (Å²) in [6.07, 6.45) is 1.74. The molecule has 0 amide bonds. The van der Waals surface area contributed by atoms with Gasteiger partial charge in [0.1, 0.15) is 16.4 Å². The Balaban J connectivity index is 2.03. The van der Waals surface area contributed by atoms with E-state index in [2.05, 4.69) is 4.99 Å². The quantitative estimate of drug-likeness (QED) is 0.587. The zero-order valence-corrected chi connectivity index (χ0v) is 18.2. The summed E-state index contributed by atoms with van der Waals surface area (Å²) in [6.45, 7) is 1.89. The largest absolute Gasteiger partial charge is 0.506 e. The van der Waals surface area contributed by atoms with Gasteiger partial charge in [-0.15, -0.1) is 0 Å². The molecule has 0 spiro atoms. The topological polar surface area (TPSA) is 77.4 Å². The van der Waals surface area contributed by atoms with E-state index >= 15 is 0 Å². The minimum atomic E-state index is -0.633. The fourth-order valence-electron chi connectivity index (χ4n) is 2.72. The van der Waals surface area contributed by atoms with Crippen molar-refractivity contribution in [1.82, 2.24) is 0 Å². The Labute approximate surface area is 183 Å². The van der Waals surface area contributed by atoms with Gasteiger partial charge < -0.3 is 19.3 Å². The van der Waals surface area contributed by atoms with Crippen LogP contribution in [0.15, 0.2) is 63.7 Å². The predicted octanol–water partition coefficient (Wildman–Crippen LogP) is 5.55. The van der Waals surface area contributed by atoms with E-state index in [0.29, 0.717) is 32.2 Å². The van der Waals surface area contributed by atoms with Crippen LogP contribution in [-0.4, -0.2) is 36.9 Å². The molecule has 0 fully saturated rings. The van der Waals surface area contributed by atoms with Crippen molar-refractivity contribution in [2.24, 2.45) is 4.99 Å². The summed E-state index contributed by atoms with van der Waals surface area (Å²) in [7, 11) is 3.11. The van der Waals surface area contributed by atoms with Gasteiger partial charge in [-0.25, -0.2) is 9.79 Å². The smallest absolute Gasteiger partial charge is 0.344 e.